The Balaban J connectivity index is 1.36. The molecule has 0 aromatic rings. The molecule has 4 aliphatic carbocycles. The van der Waals surface area contributed by atoms with E-state index in [1.165, 1.54) is 6.42 Å². The molecule has 5 fully saturated rings. The van der Waals surface area contributed by atoms with E-state index < -0.39 is 5.60 Å². The first-order chi connectivity index (χ1) is 11.4. The highest BCUT2D eigenvalue weighted by atomic mass is 16.3. The standard InChI is InChI=1S/C19H30N2O3/c1-2-3-21-11-15(5-17(21)23)20-16(22)10-18-6-13-4-14(7-18)9-19(24,8-13)12-18/h13-15,24H,2-12H2,1H3,(H,20,22)/t13-,14+,15-,18?,19?/m1/s1. The number of rotatable bonds is 5. The minimum Gasteiger partial charge on any atom is -0.390 e. The summed E-state index contributed by atoms with van der Waals surface area (Å²) in [5, 5.41) is 13.9. The zero-order chi connectivity index (χ0) is 16.9. The molecule has 5 nitrogen and oxygen atoms in total. The summed E-state index contributed by atoms with van der Waals surface area (Å²) in [6.45, 7) is 3.50. The molecule has 1 heterocycles. The fraction of sp³-hybridized carbons (Fsp3) is 0.895. The topological polar surface area (TPSA) is 69.6 Å². The van der Waals surface area contributed by atoms with Crippen LogP contribution in [0, 0.1) is 17.3 Å². The lowest BCUT2D eigenvalue weighted by Crippen LogP contribution is -2.56. The van der Waals surface area contributed by atoms with E-state index in [2.05, 4.69) is 12.2 Å². The largest absolute Gasteiger partial charge is 0.390 e. The first-order valence-electron chi connectivity index (χ1n) is 9.68. The number of nitrogens with one attached hydrogen (secondary N) is 1. The van der Waals surface area contributed by atoms with Crippen molar-refractivity contribution in [2.24, 2.45) is 17.3 Å². The fourth-order valence-corrected chi connectivity index (χ4v) is 6.58. The second-order valence-corrected chi connectivity index (χ2v) is 9.17. The SMILES string of the molecule is CCCN1C[C@H](NC(=O)CC23C[C@@H]4C[C@@H](CC(O)(C4)C2)C3)CC1=O. The van der Waals surface area contributed by atoms with E-state index >= 15 is 0 Å². The minimum atomic E-state index is -0.508. The Morgan fingerprint density at radius 3 is 2.62 bits per heavy atom. The maximum Gasteiger partial charge on any atom is 0.224 e. The molecule has 0 aromatic heterocycles. The third-order valence-corrected chi connectivity index (χ3v) is 6.76. The number of amides is 2. The average Bonchev–Trinajstić information content (AvgIpc) is 2.75. The molecular weight excluding hydrogens is 304 g/mol. The van der Waals surface area contributed by atoms with Crippen molar-refractivity contribution in [3.8, 4) is 0 Å². The van der Waals surface area contributed by atoms with Gasteiger partial charge >= 0.3 is 0 Å². The van der Waals surface area contributed by atoms with Gasteiger partial charge in [-0.05, 0) is 62.2 Å². The lowest BCUT2D eigenvalue weighted by atomic mass is 9.47. The highest BCUT2D eigenvalue weighted by Gasteiger charge is 2.57. The van der Waals surface area contributed by atoms with Crippen molar-refractivity contribution in [1.29, 1.82) is 0 Å². The maximum absolute atomic E-state index is 12.6. The number of nitrogens with zero attached hydrogens (tertiary/aromatic N) is 1. The van der Waals surface area contributed by atoms with Gasteiger partial charge in [-0.15, -0.1) is 0 Å². The van der Waals surface area contributed by atoms with Crippen LogP contribution in [-0.4, -0.2) is 46.6 Å². The molecule has 24 heavy (non-hydrogen) atoms. The van der Waals surface area contributed by atoms with Gasteiger partial charge in [0, 0.05) is 25.9 Å². The van der Waals surface area contributed by atoms with E-state index in [9.17, 15) is 14.7 Å². The molecule has 2 amide bonds. The Kier molecular flexibility index (Phi) is 3.90. The Labute approximate surface area is 144 Å². The van der Waals surface area contributed by atoms with Gasteiger partial charge in [0.2, 0.25) is 11.8 Å². The van der Waals surface area contributed by atoms with Gasteiger partial charge in [-0.25, -0.2) is 0 Å². The van der Waals surface area contributed by atoms with Crippen LogP contribution in [0.25, 0.3) is 0 Å². The van der Waals surface area contributed by atoms with Crippen LogP contribution in [0.3, 0.4) is 0 Å². The quantitative estimate of drug-likeness (QED) is 0.806. The Bertz CT molecular complexity index is 533. The first kappa shape index (κ1) is 16.4. The van der Waals surface area contributed by atoms with Gasteiger partial charge in [0.15, 0.2) is 0 Å². The molecule has 2 N–H and O–H groups in total. The van der Waals surface area contributed by atoms with E-state index in [1.807, 2.05) is 4.90 Å². The van der Waals surface area contributed by atoms with Crippen LogP contribution < -0.4 is 5.32 Å². The zero-order valence-electron chi connectivity index (χ0n) is 14.7. The molecule has 4 saturated carbocycles. The lowest BCUT2D eigenvalue weighted by molar-refractivity contribution is -0.169. The predicted molar refractivity (Wildman–Crippen MR) is 90.1 cm³/mol. The van der Waals surface area contributed by atoms with Crippen molar-refractivity contribution >= 4 is 11.8 Å². The number of carbonyl (C=O) groups excluding carboxylic acids is 2. The molecule has 0 radical (unpaired) electrons. The van der Waals surface area contributed by atoms with Crippen molar-refractivity contribution in [1.82, 2.24) is 10.2 Å². The molecular formula is C19H30N2O3. The third kappa shape index (κ3) is 2.96. The zero-order valence-corrected chi connectivity index (χ0v) is 14.7. The molecule has 134 valence electrons. The van der Waals surface area contributed by atoms with Crippen LogP contribution in [0.1, 0.15) is 64.7 Å². The first-order valence-corrected chi connectivity index (χ1v) is 9.68. The van der Waals surface area contributed by atoms with Crippen LogP contribution in [0.4, 0.5) is 0 Å². The Hall–Kier alpha value is -1.10. The number of aliphatic hydroxyl groups is 1. The van der Waals surface area contributed by atoms with Gasteiger partial charge in [-0.2, -0.15) is 0 Å². The van der Waals surface area contributed by atoms with E-state index in [4.69, 9.17) is 0 Å². The van der Waals surface area contributed by atoms with Gasteiger partial charge in [0.1, 0.15) is 0 Å². The second kappa shape index (κ2) is 5.72. The van der Waals surface area contributed by atoms with E-state index in [0.29, 0.717) is 31.2 Å². The summed E-state index contributed by atoms with van der Waals surface area (Å²) < 4.78 is 0. The van der Waals surface area contributed by atoms with E-state index in [-0.39, 0.29) is 23.3 Å². The summed E-state index contributed by atoms with van der Waals surface area (Å²) in [5.41, 5.74) is -0.500. The second-order valence-electron chi connectivity index (χ2n) is 9.17. The van der Waals surface area contributed by atoms with Gasteiger partial charge in [-0.3, -0.25) is 9.59 Å². The van der Waals surface area contributed by atoms with Crippen molar-refractivity contribution in [3.63, 3.8) is 0 Å². The van der Waals surface area contributed by atoms with Crippen molar-refractivity contribution in [2.75, 3.05) is 13.1 Å². The Morgan fingerprint density at radius 1 is 1.29 bits per heavy atom. The summed E-state index contributed by atoms with van der Waals surface area (Å²) in [4.78, 5) is 26.4. The van der Waals surface area contributed by atoms with Gasteiger partial charge in [-0.1, -0.05) is 6.92 Å². The molecule has 0 aromatic carbocycles. The summed E-state index contributed by atoms with van der Waals surface area (Å²) in [6, 6.07) is -0.0338. The molecule has 4 bridgehead atoms. The summed E-state index contributed by atoms with van der Waals surface area (Å²) >= 11 is 0. The summed E-state index contributed by atoms with van der Waals surface area (Å²) in [6.07, 6.45) is 8.05. The summed E-state index contributed by atoms with van der Waals surface area (Å²) in [7, 11) is 0. The highest BCUT2D eigenvalue weighted by Crippen LogP contribution is 2.62. The highest BCUT2D eigenvalue weighted by molar-refractivity contribution is 5.82. The average molecular weight is 334 g/mol. The summed E-state index contributed by atoms with van der Waals surface area (Å²) in [5.74, 6) is 1.46. The molecule has 5 aliphatic rings. The monoisotopic (exact) mass is 334 g/mol. The lowest BCUT2D eigenvalue weighted by Gasteiger charge is -2.60. The number of carbonyl (C=O) groups is 2. The maximum atomic E-state index is 12.6. The number of likely N-dealkylation sites (tertiary alicyclic amines) is 1. The smallest absolute Gasteiger partial charge is 0.224 e. The fourth-order valence-electron chi connectivity index (χ4n) is 6.58. The molecule has 2 unspecified atom stereocenters. The van der Waals surface area contributed by atoms with Gasteiger partial charge in [0.05, 0.1) is 11.6 Å². The van der Waals surface area contributed by atoms with Gasteiger partial charge < -0.3 is 15.3 Å². The normalized spacial score (nSPS) is 43.5. The number of hydrogen-bond donors (Lipinski definition) is 2. The molecule has 1 aliphatic heterocycles. The predicted octanol–water partition coefficient (Wildman–Crippen LogP) is 1.83. The van der Waals surface area contributed by atoms with Crippen LogP contribution in [0.15, 0.2) is 0 Å². The molecule has 5 atom stereocenters. The Morgan fingerprint density at radius 2 is 2.00 bits per heavy atom. The van der Waals surface area contributed by atoms with Crippen LogP contribution in [0.5, 0.6) is 0 Å². The molecule has 0 spiro atoms. The van der Waals surface area contributed by atoms with Crippen molar-refractivity contribution in [2.45, 2.75) is 76.4 Å². The van der Waals surface area contributed by atoms with Crippen molar-refractivity contribution < 1.29 is 14.7 Å². The third-order valence-electron chi connectivity index (χ3n) is 6.76. The van der Waals surface area contributed by atoms with Crippen molar-refractivity contribution in [3.05, 3.63) is 0 Å². The van der Waals surface area contributed by atoms with Crippen LogP contribution in [-0.2, 0) is 9.59 Å². The molecule has 5 rings (SSSR count). The van der Waals surface area contributed by atoms with Crippen LogP contribution in [0.2, 0.25) is 0 Å². The molecule has 1 saturated heterocycles. The van der Waals surface area contributed by atoms with E-state index in [1.54, 1.807) is 0 Å². The number of hydrogen-bond acceptors (Lipinski definition) is 3. The van der Waals surface area contributed by atoms with Gasteiger partial charge in [0.25, 0.3) is 0 Å². The minimum absolute atomic E-state index is 0.00857. The van der Waals surface area contributed by atoms with Crippen LogP contribution >= 0.6 is 0 Å². The molecule has 5 heteroatoms. The van der Waals surface area contributed by atoms with E-state index in [0.717, 1.165) is 45.1 Å².